The summed E-state index contributed by atoms with van der Waals surface area (Å²) in [5.74, 6) is -0.240. The van der Waals surface area contributed by atoms with Gasteiger partial charge < -0.3 is 15.0 Å². The van der Waals surface area contributed by atoms with E-state index in [1.807, 2.05) is 0 Å². The number of carbonyl (C=O) groups is 2. The van der Waals surface area contributed by atoms with Crippen LogP contribution >= 0.6 is 0 Å². The smallest absolute Gasteiger partial charge is 0.323 e. The molecule has 178 valence electrons. The van der Waals surface area contributed by atoms with Gasteiger partial charge in [0.15, 0.2) is 28.9 Å². The van der Waals surface area contributed by atoms with Crippen molar-refractivity contribution in [3.8, 4) is 17.1 Å². The summed E-state index contributed by atoms with van der Waals surface area (Å²) in [6.07, 6.45) is -0.909. The number of alkyl halides is 2. The number of hydrogen-bond acceptors (Lipinski definition) is 8. The lowest BCUT2D eigenvalue weighted by atomic mass is 10.0. The minimum Gasteiger partial charge on any atom is -0.494 e. The highest BCUT2D eigenvalue weighted by molar-refractivity contribution is 5.99. The number of ketones is 1. The minimum atomic E-state index is -2.47. The van der Waals surface area contributed by atoms with Crippen LogP contribution in [0, 0.1) is 5.92 Å². The number of carbonyl (C=O) groups excluding carboxylic acids is 2. The first-order chi connectivity index (χ1) is 16.3. The van der Waals surface area contributed by atoms with Crippen LogP contribution in [0.15, 0.2) is 30.6 Å². The van der Waals surface area contributed by atoms with E-state index >= 15 is 0 Å². The molecule has 0 unspecified atom stereocenters. The number of Topliss-reactive ketones (excluding diaryl/α,β-unsaturated/α-hetero) is 1. The summed E-state index contributed by atoms with van der Waals surface area (Å²) in [6, 6.07) is 6.16. The molecular weight excluding hydrogens is 450 g/mol. The van der Waals surface area contributed by atoms with Crippen molar-refractivity contribution in [2.75, 3.05) is 30.8 Å². The van der Waals surface area contributed by atoms with Crippen molar-refractivity contribution >= 4 is 29.0 Å². The van der Waals surface area contributed by atoms with Gasteiger partial charge in [0.05, 0.1) is 30.0 Å². The van der Waals surface area contributed by atoms with E-state index in [1.54, 1.807) is 36.3 Å². The highest BCUT2D eigenvalue weighted by Crippen LogP contribution is 2.37. The molecule has 3 aromatic rings. The fourth-order valence-electron chi connectivity index (χ4n) is 3.47. The Labute approximate surface area is 193 Å². The third kappa shape index (κ3) is 4.63. The summed E-state index contributed by atoms with van der Waals surface area (Å²) in [6.45, 7) is 1.25. The molecule has 0 atom stereocenters. The lowest BCUT2D eigenvalue weighted by Gasteiger charge is -2.38. The highest BCUT2D eigenvalue weighted by Gasteiger charge is 2.36. The van der Waals surface area contributed by atoms with Crippen molar-refractivity contribution in [2.45, 2.75) is 13.3 Å². The van der Waals surface area contributed by atoms with Crippen molar-refractivity contribution in [1.82, 2.24) is 29.9 Å². The van der Waals surface area contributed by atoms with Gasteiger partial charge in [0.25, 0.3) is 0 Å². The van der Waals surface area contributed by atoms with Gasteiger partial charge in [-0.3, -0.25) is 14.8 Å². The van der Waals surface area contributed by atoms with Crippen molar-refractivity contribution in [1.29, 1.82) is 0 Å². The number of nitrogens with one attached hydrogen (secondary N) is 2. The highest BCUT2D eigenvalue weighted by atomic mass is 19.3. The second-order valence-electron chi connectivity index (χ2n) is 7.73. The van der Waals surface area contributed by atoms with Gasteiger partial charge >= 0.3 is 6.03 Å². The number of halogens is 2. The van der Waals surface area contributed by atoms with Crippen LogP contribution in [-0.2, 0) is 7.05 Å². The number of likely N-dealkylation sites (tertiary alicyclic amines) is 1. The van der Waals surface area contributed by atoms with E-state index in [2.05, 4.69) is 30.9 Å². The van der Waals surface area contributed by atoms with Crippen LogP contribution in [0.25, 0.3) is 11.4 Å². The fraction of sp³-hybridized carbons (Fsp3) is 0.333. The van der Waals surface area contributed by atoms with Crippen LogP contribution in [-0.4, -0.2) is 68.3 Å². The molecule has 34 heavy (non-hydrogen) atoms. The number of methoxy groups -OCH3 is 1. The first-order valence-electron chi connectivity index (χ1n) is 10.3. The number of nitrogens with zero attached hydrogens (tertiary/aromatic N) is 6. The zero-order chi connectivity index (χ0) is 24.4. The third-order valence-electron chi connectivity index (χ3n) is 5.24. The lowest BCUT2D eigenvalue weighted by Crippen LogP contribution is -2.54. The van der Waals surface area contributed by atoms with Gasteiger partial charge in [0, 0.05) is 33.1 Å². The number of benzene rings is 1. The van der Waals surface area contributed by atoms with Crippen LogP contribution in [0.2, 0.25) is 0 Å². The van der Waals surface area contributed by atoms with Gasteiger partial charge in [-0.15, -0.1) is 10.2 Å². The van der Waals surface area contributed by atoms with Crippen LogP contribution in [0.3, 0.4) is 0 Å². The Morgan fingerprint density at radius 3 is 2.59 bits per heavy atom. The maximum atomic E-state index is 12.7. The molecule has 0 aliphatic carbocycles. The average Bonchev–Trinajstić information content (AvgIpc) is 3.18. The zero-order valence-electron chi connectivity index (χ0n) is 18.6. The quantitative estimate of drug-likeness (QED) is 0.503. The minimum absolute atomic E-state index is 0.0425. The Bertz CT molecular complexity index is 1230. The molecule has 11 nitrogen and oxygen atoms in total. The molecule has 0 radical (unpaired) electrons. The maximum absolute atomic E-state index is 12.7. The standard InChI is InChI=1S/C21H22F2N8O3/c1-11(32)17-15(7-16(27-28-17)26-21(33)31-8-12(9-31)19(22)23)25-14-6-4-5-13(18(14)34-3)20-24-10-30(2)29-20/h4-7,10,12,19H,8-9H2,1-3H3,(H2,25,26,27,33). The molecule has 1 aliphatic rings. The molecule has 1 fully saturated rings. The normalized spacial score (nSPS) is 13.5. The van der Waals surface area contributed by atoms with Crippen molar-refractivity contribution in [2.24, 2.45) is 13.0 Å². The van der Waals surface area contributed by atoms with E-state index in [1.165, 1.54) is 25.0 Å². The van der Waals surface area contributed by atoms with Gasteiger partial charge in [-0.1, -0.05) is 6.07 Å². The summed E-state index contributed by atoms with van der Waals surface area (Å²) in [7, 11) is 3.24. The number of amides is 2. The predicted molar refractivity (Wildman–Crippen MR) is 118 cm³/mol. The van der Waals surface area contributed by atoms with Gasteiger partial charge in [0.1, 0.15) is 6.33 Å². The molecule has 3 heterocycles. The number of anilines is 3. The summed E-state index contributed by atoms with van der Waals surface area (Å²) in [5.41, 5.74) is 1.45. The summed E-state index contributed by atoms with van der Waals surface area (Å²) < 4.78 is 32.5. The van der Waals surface area contributed by atoms with Crippen LogP contribution in [0.4, 0.5) is 30.8 Å². The molecule has 4 rings (SSSR count). The second kappa shape index (κ2) is 9.37. The van der Waals surface area contributed by atoms with E-state index in [4.69, 9.17) is 4.74 Å². The molecule has 13 heteroatoms. The molecule has 1 saturated heterocycles. The SMILES string of the molecule is COc1c(Nc2cc(NC(=O)N3CC(C(F)F)C3)nnc2C(C)=O)cccc1-c1ncn(C)n1. The van der Waals surface area contributed by atoms with E-state index in [0.717, 1.165) is 0 Å². The van der Waals surface area contributed by atoms with Crippen molar-refractivity contribution in [3.05, 3.63) is 36.3 Å². The lowest BCUT2D eigenvalue weighted by molar-refractivity contribution is -0.00208. The number of para-hydroxylation sites is 1. The number of aromatic nitrogens is 5. The Morgan fingerprint density at radius 2 is 1.97 bits per heavy atom. The average molecular weight is 472 g/mol. The number of aryl methyl sites for hydroxylation is 1. The van der Waals surface area contributed by atoms with Gasteiger partial charge in [-0.05, 0) is 12.1 Å². The van der Waals surface area contributed by atoms with Crippen molar-refractivity contribution in [3.63, 3.8) is 0 Å². The zero-order valence-corrected chi connectivity index (χ0v) is 18.6. The van der Waals surface area contributed by atoms with Gasteiger partial charge in [-0.2, -0.15) is 5.10 Å². The molecule has 0 spiro atoms. The van der Waals surface area contributed by atoms with Crippen molar-refractivity contribution < 1.29 is 23.1 Å². The van der Waals surface area contributed by atoms with E-state index in [-0.39, 0.29) is 36.1 Å². The molecule has 1 aromatic carbocycles. The molecule has 0 bridgehead atoms. The summed E-state index contributed by atoms with van der Waals surface area (Å²) in [4.78, 5) is 30.0. The Morgan fingerprint density at radius 1 is 1.21 bits per heavy atom. The van der Waals surface area contributed by atoms with Gasteiger partial charge in [0.2, 0.25) is 6.43 Å². The summed E-state index contributed by atoms with van der Waals surface area (Å²) >= 11 is 0. The first kappa shape index (κ1) is 23.0. The van der Waals surface area contributed by atoms with Crippen LogP contribution in [0.5, 0.6) is 5.75 Å². The Hall–Kier alpha value is -4.16. The molecule has 2 amide bonds. The predicted octanol–water partition coefficient (Wildman–Crippen LogP) is 2.96. The monoisotopic (exact) mass is 472 g/mol. The number of urea groups is 1. The Balaban J connectivity index is 1.60. The first-order valence-corrected chi connectivity index (χ1v) is 10.3. The molecule has 2 aromatic heterocycles. The Kier molecular flexibility index (Phi) is 6.34. The second-order valence-corrected chi connectivity index (χ2v) is 7.73. The van der Waals surface area contributed by atoms with E-state index < -0.39 is 18.4 Å². The topological polar surface area (TPSA) is 127 Å². The third-order valence-corrected chi connectivity index (χ3v) is 5.24. The number of ether oxygens (including phenoxy) is 1. The molecule has 1 aliphatic heterocycles. The van der Waals surface area contributed by atoms with Crippen LogP contribution < -0.4 is 15.4 Å². The number of hydrogen-bond donors (Lipinski definition) is 2. The fourth-order valence-corrected chi connectivity index (χ4v) is 3.47. The molecule has 2 N–H and O–H groups in total. The van der Waals surface area contributed by atoms with Crippen LogP contribution in [0.1, 0.15) is 17.4 Å². The molecular formula is C21H22F2N8O3. The summed E-state index contributed by atoms with van der Waals surface area (Å²) in [5, 5.41) is 17.7. The van der Waals surface area contributed by atoms with Gasteiger partial charge in [-0.25, -0.2) is 18.6 Å². The number of rotatable bonds is 7. The molecule has 0 saturated carbocycles. The van der Waals surface area contributed by atoms with E-state index in [9.17, 15) is 18.4 Å². The maximum Gasteiger partial charge on any atom is 0.323 e. The van der Waals surface area contributed by atoms with E-state index in [0.29, 0.717) is 22.8 Å². The largest absolute Gasteiger partial charge is 0.494 e.